The second-order valence-electron chi connectivity index (χ2n) is 5.20. The number of anilines is 1. The first-order valence-electron chi connectivity index (χ1n) is 6.80. The second kappa shape index (κ2) is 6.53. The molecule has 1 saturated heterocycles. The summed E-state index contributed by atoms with van der Waals surface area (Å²) < 4.78 is 5.19. The zero-order valence-corrected chi connectivity index (χ0v) is 11.9. The van der Waals surface area contributed by atoms with Crippen molar-refractivity contribution >= 4 is 17.7 Å². The van der Waals surface area contributed by atoms with Crippen molar-refractivity contribution in [1.82, 2.24) is 10.3 Å². The van der Waals surface area contributed by atoms with Crippen molar-refractivity contribution < 1.29 is 19.4 Å². The summed E-state index contributed by atoms with van der Waals surface area (Å²) in [6.45, 7) is 2.74. The lowest BCUT2D eigenvalue weighted by atomic mass is 9.80. The molecule has 0 unspecified atom stereocenters. The normalized spacial score (nSPS) is 17.0. The Morgan fingerprint density at radius 1 is 1.43 bits per heavy atom. The monoisotopic (exact) mass is 293 g/mol. The van der Waals surface area contributed by atoms with Crippen molar-refractivity contribution in [1.29, 1.82) is 0 Å². The number of carboxylic acids is 1. The van der Waals surface area contributed by atoms with Crippen LogP contribution < -0.4 is 10.6 Å². The molecule has 0 saturated carbocycles. The van der Waals surface area contributed by atoms with E-state index in [0.29, 0.717) is 31.7 Å². The number of nitrogens with zero attached hydrogens (tertiary/aromatic N) is 1. The molecule has 0 atom stereocenters. The van der Waals surface area contributed by atoms with Gasteiger partial charge in [-0.15, -0.1) is 0 Å². The molecule has 114 valence electrons. The SMILES string of the molecule is Cc1ccncc1NC(=O)NCC1(C(=O)O)CCOCC1. The molecule has 0 aromatic carbocycles. The zero-order valence-electron chi connectivity index (χ0n) is 11.9. The lowest BCUT2D eigenvalue weighted by Crippen LogP contribution is -2.47. The van der Waals surface area contributed by atoms with Crippen LogP contribution in [-0.2, 0) is 9.53 Å². The van der Waals surface area contributed by atoms with E-state index in [2.05, 4.69) is 15.6 Å². The number of nitrogens with one attached hydrogen (secondary N) is 2. The molecular formula is C14H19N3O4. The quantitative estimate of drug-likeness (QED) is 0.779. The van der Waals surface area contributed by atoms with E-state index in [1.54, 1.807) is 18.5 Å². The summed E-state index contributed by atoms with van der Waals surface area (Å²) in [4.78, 5) is 27.3. The molecule has 0 spiro atoms. The van der Waals surface area contributed by atoms with Gasteiger partial charge in [0.15, 0.2) is 0 Å². The molecule has 3 N–H and O–H groups in total. The molecule has 0 bridgehead atoms. The number of aromatic nitrogens is 1. The molecule has 0 aliphatic carbocycles. The lowest BCUT2D eigenvalue weighted by molar-refractivity contribution is -0.154. The molecule has 2 rings (SSSR count). The predicted octanol–water partition coefficient (Wildman–Crippen LogP) is 1.39. The van der Waals surface area contributed by atoms with E-state index in [4.69, 9.17) is 4.74 Å². The number of rotatable bonds is 4. The number of pyridine rings is 1. The molecule has 7 heteroatoms. The van der Waals surface area contributed by atoms with Gasteiger partial charge in [0.2, 0.25) is 0 Å². The molecule has 1 aliphatic heterocycles. The Bertz CT molecular complexity index is 527. The molecule has 1 fully saturated rings. The largest absolute Gasteiger partial charge is 0.481 e. The van der Waals surface area contributed by atoms with Gasteiger partial charge in [-0.2, -0.15) is 0 Å². The van der Waals surface area contributed by atoms with Crippen LogP contribution >= 0.6 is 0 Å². The van der Waals surface area contributed by atoms with Crippen LogP contribution in [0.25, 0.3) is 0 Å². The number of aryl methyl sites for hydroxylation is 1. The van der Waals surface area contributed by atoms with E-state index in [-0.39, 0.29) is 6.54 Å². The fraction of sp³-hybridized carbons (Fsp3) is 0.500. The smallest absolute Gasteiger partial charge is 0.319 e. The first-order chi connectivity index (χ1) is 10.0. The van der Waals surface area contributed by atoms with Crippen molar-refractivity contribution in [3.63, 3.8) is 0 Å². The molecule has 7 nitrogen and oxygen atoms in total. The van der Waals surface area contributed by atoms with Gasteiger partial charge in [0.05, 0.1) is 17.3 Å². The fourth-order valence-electron chi connectivity index (χ4n) is 2.24. The van der Waals surface area contributed by atoms with Crippen LogP contribution in [0.1, 0.15) is 18.4 Å². The zero-order chi connectivity index (χ0) is 15.3. The Morgan fingerprint density at radius 2 is 2.14 bits per heavy atom. The van der Waals surface area contributed by atoms with Gasteiger partial charge >= 0.3 is 12.0 Å². The van der Waals surface area contributed by atoms with Crippen LogP contribution in [0.2, 0.25) is 0 Å². The summed E-state index contributed by atoms with van der Waals surface area (Å²) in [7, 11) is 0. The van der Waals surface area contributed by atoms with E-state index in [1.807, 2.05) is 6.92 Å². The molecule has 2 amide bonds. The highest BCUT2D eigenvalue weighted by Crippen LogP contribution is 2.30. The van der Waals surface area contributed by atoms with Crippen molar-refractivity contribution in [2.45, 2.75) is 19.8 Å². The Balaban J connectivity index is 1.93. The number of carbonyl (C=O) groups excluding carboxylic acids is 1. The molecular weight excluding hydrogens is 274 g/mol. The number of carboxylic acid groups (broad SMARTS) is 1. The summed E-state index contributed by atoms with van der Waals surface area (Å²) in [6.07, 6.45) is 3.99. The fourth-order valence-corrected chi connectivity index (χ4v) is 2.24. The van der Waals surface area contributed by atoms with Gasteiger partial charge in [0, 0.05) is 26.0 Å². The van der Waals surface area contributed by atoms with Crippen molar-refractivity contribution in [2.24, 2.45) is 5.41 Å². The molecule has 1 aliphatic rings. The third-order valence-electron chi connectivity index (χ3n) is 3.78. The third kappa shape index (κ3) is 3.69. The summed E-state index contributed by atoms with van der Waals surface area (Å²) in [5.41, 5.74) is 0.546. The van der Waals surface area contributed by atoms with E-state index >= 15 is 0 Å². The van der Waals surface area contributed by atoms with Crippen molar-refractivity contribution in [2.75, 3.05) is 25.1 Å². The molecule has 21 heavy (non-hydrogen) atoms. The Kier molecular flexibility index (Phi) is 4.74. The minimum Gasteiger partial charge on any atom is -0.481 e. The summed E-state index contributed by atoms with van der Waals surface area (Å²) in [5, 5.41) is 14.7. The van der Waals surface area contributed by atoms with E-state index < -0.39 is 17.4 Å². The molecule has 0 radical (unpaired) electrons. The number of amides is 2. The Labute approximate surface area is 122 Å². The molecule has 2 heterocycles. The number of urea groups is 1. The average Bonchev–Trinajstić information content (AvgIpc) is 2.48. The maximum Gasteiger partial charge on any atom is 0.319 e. The molecule has 1 aromatic rings. The minimum atomic E-state index is -0.945. The van der Waals surface area contributed by atoms with E-state index in [9.17, 15) is 14.7 Å². The highest BCUT2D eigenvalue weighted by Gasteiger charge is 2.40. The van der Waals surface area contributed by atoms with E-state index in [0.717, 1.165) is 5.56 Å². The van der Waals surface area contributed by atoms with Gasteiger partial charge in [0.1, 0.15) is 0 Å². The number of hydrogen-bond donors (Lipinski definition) is 3. The molecule has 1 aromatic heterocycles. The lowest BCUT2D eigenvalue weighted by Gasteiger charge is -2.33. The first-order valence-corrected chi connectivity index (χ1v) is 6.80. The van der Waals surface area contributed by atoms with Crippen LogP contribution in [0.5, 0.6) is 0 Å². The second-order valence-corrected chi connectivity index (χ2v) is 5.20. The van der Waals surface area contributed by atoms with Crippen LogP contribution in [0.15, 0.2) is 18.5 Å². The van der Waals surface area contributed by atoms with Crippen molar-refractivity contribution in [3.8, 4) is 0 Å². The van der Waals surface area contributed by atoms with Crippen LogP contribution in [0.3, 0.4) is 0 Å². The number of carbonyl (C=O) groups is 2. The predicted molar refractivity (Wildman–Crippen MR) is 76.1 cm³/mol. The number of aliphatic carboxylic acids is 1. The minimum absolute atomic E-state index is 0.0802. The first kappa shape index (κ1) is 15.2. The summed E-state index contributed by atoms with van der Waals surface area (Å²) in [5.74, 6) is -0.899. The Morgan fingerprint density at radius 3 is 2.76 bits per heavy atom. The Hall–Kier alpha value is -2.15. The number of hydrogen-bond acceptors (Lipinski definition) is 4. The van der Waals surface area contributed by atoms with Crippen LogP contribution in [0, 0.1) is 12.3 Å². The van der Waals surface area contributed by atoms with Gasteiger partial charge in [-0.3, -0.25) is 9.78 Å². The van der Waals surface area contributed by atoms with Gasteiger partial charge in [-0.05, 0) is 31.4 Å². The number of ether oxygens (including phenoxy) is 1. The topological polar surface area (TPSA) is 101 Å². The maximum atomic E-state index is 11.9. The third-order valence-corrected chi connectivity index (χ3v) is 3.78. The van der Waals surface area contributed by atoms with Crippen LogP contribution in [-0.4, -0.2) is 41.8 Å². The van der Waals surface area contributed by atoms with Gasteiger partial charge in [-0.1, -0.05) is 0 Å². The van der Waals surface area contributed by atoms with Gasteiger partial charge in [0.25, 0.3) is 0 Å². The van der Waals surface area contributed by atoms with Gasteiger partial charge < -0.3 is 20.5 Å². The standard InChI is InChI=1S/C14H19N3O4/c1-10-2-5-15-8-11(10)17-13(20)16-9-14(12(18)19)3-6-21-7-4-14/h2,5,8H,3-4,6-7,9H2,1H3,(H,18,19)(H2,16,17,20). The summed E-state index contributed by atoms with van der Waals surface area (Å²) >= 11 is 0. The van der Waals surface area contributed by atoms with Gasteiger partial charge in [-0.25, -0.2) is 4.79 Å². The maximum absolute atomic E-state index is 11.9. The summed E-state index contributed by atoms with van der Waals surface area (Å²) in [6, 6.07) is 1.35. The highest BCUT2D eigenvalue weighted by atomic mass is 16.5. The average molecular weight is 293 g/mol. The van der Waals surface area contributed by atoms with Crippen molar-refractivity contribution in [3.05, 3.63) is 24.0 Å². The van der Waals surface area contributed by atoms with Crippen LogP contribution in [0.4, 0.5) is 10.5 Å². The highest BCUT2D eigenvalue weighted by molar-refractivity contribution is 5.90. The van der Waals surface area contributed by atoms with E-state index in [1.165, 1.54) is 0 Å².